The van der Waals surface area contributed by atoms with Gasteiger partial charge in [-0.1, -0.05) is 18.2 Å². The number of fused-ring (bicyclic) bond motifs is 1. The third kappa shape index (κ3) is 4.51. The number of carbonyl (C=O) groups excluding carboxylic acids is 1. The summed E-state index contributed by atoms with van der Waals surface area (Å²) in [4.78, 5) is 12.3. The molecule has 0 fully saturated rings. The first kappa shape index (κ1) is 21.1. The highest BCUT2D eigenvalue weighted by Crippen LogP contribution is 2.30. The molecule has 0 aliphatic carbocycles. The number of nitrogens with one attached hydrogen (secondary N) is 2. The summed E-state index contributed by atoms with van der Waals surface area (Å²) >= 11 is 0. The molecule has 0 bridgehead atoms. The van der Waals surface area contributed by atoms with Gasteiger partial charge >= 0.3 is 0 Å². The van der Waals surface area contributed by atoms with Gasteiger partial charge in [-0.3, -0.25) is 4.79 Å². The summed E-state index contributed by atoms with van der Waals surface area (Å²) in [7, 11) is 1.88. The molecule has 0 radical (unpaired) electrons. The first-order valence-corrected chi connectivity index (χ1v) is 9.47. The van der Waals surface area contributed by atoms with Crippen molar-refractivity contribution in [2.45, 2.75) is 13.0 Å². The molecule has 3 rings (SSSR count). The summed E-state index contributed by atoms with van der Waals surface area (Å²) in [5.41, 5.74) is 2.19. The zero-order valence-corrected chi connectivity index (χ0v) is 16.8. The maximum absolute atomic E-state index is 12.3. The molecule has 0 saturated carbocycles. The number of anilines is 1. The van der Waals surface area contributed by atoms with E-state index in [1.165, 1.54) is 0 Å². The third-order valence-electron chi connectivity index (χ3n) is 4.81. The van der Waals surface area contributed by atoms with Crippen molar-refractivity contribution in [3.05, 3.63) is 59.9 Å². The van der Waals surface area contributed by atoms with Gasteiger partial charge in [-0.15, -0.1) is 0 Å². The van der Waals surface area contributed by atoms with Gasteiger partial charge in [0.1, 0.15) is 23.2 Å². The first-order valence-electron chi connectivity index (χ1n) is 9.47. The van der Waals surface area contributed by atoms with Gasteiger partial charge in [0, 0.05) is 30.4 Å². The predicted molar refractivity (Wildman–Crippen MR) is 116 cm³/mol. The zero-order valence-electron chi connectivity index (χ0n) is 16.8. The molecule has 0 saturated heterocycles. The van der Waals surface area contributed by atoms with Crippen LogP contribution in [0.1, 0.15) is 12.7 Å². The highest BCUT2D eigenvalue weighted by Gasteiger charge is 2.17. The third-order valence-corrected chi connectivity index (χ3v) is 4.81. The van der Waals surface area contributed by atoms with E-state index in [0.29, 0.717) is 17.1 Å². The van der Waals surface area contributed by atoms with Crippen molar-refractivity contribution in [2.75, 3.05) is 25.5 Å². The Balaban J connectivity index is 1.87. The second kappa shape index (κ2) is 9.27. The number of nitriles is 1. The smallest absolute Gasteiger partial charge is 0.262 e. The van der Waals surface area contributed by atoms with Crippen LogP contribution in [0.2, 0.25) is 0 Å². The van der Waals surface area contributed by atoms with Crippen LogP contribution in [0.15, 0.2) is 58.5 Å². The van der Waals surface area contributed by atoms with Crippen LogP contribution in [0.3, 0.4) is 0 Å². The number of carbonyl (C=O) groups is 1. The Morgan fingerprint density at radius 3 is 2.60 bits per heavy atom. The fraction of sp³-hybridized carbons (Fsp3) is 0.217. The molecule has 3 aromatic rings. The highest BCUT2D eigenvalue weighted by atomic mass is 16.3. The number of hydrogen-bond acceptors (Lipinski definition) is 6. The minimum Gasteiger partial charge on any atom is -0.456 e. The van der Waals surface area contributed by atoms with E-state index in [1.807, 2.05) is 43.4 Å². The Bertz CT molecular complexity index is 1140. The maximum atomic E-state index is 12.3. The van der Waals surface area contributed by atoms with Gasteiger partial charge in [-0.2, -0.15) is 5.26 Å². The van der Waals surface area contributed by atoms with Gasteiger partial charge < -0.3 is 25.3 Å². The predicted octanol–water partition coefficient (Wildman–Crippen LogP) is 2.91. The standard InChI is InChI=1S/C23H23N3O4/c1-14(20(11-24)23(29)26-12-19(28)13-27)21-7-8-22(30-21)17-4-3-16-10-18(25-2)6-5-15(16)9-17/h3-10,19,25,27-28H,12-13H2,1-2H3,(H,26,29)/b20-14+. The zero-order chi connectivity index (χ0) is 21.7. The summed E-state index contributed by atoms with van der Waals surface area (Å²) in [6, 6.07) is 17.5. The molecule has 1 amide bonds. The first-order chi connectivity index (χ1) is 14.5. The van der Waals surface area contributed by atoms with E-state index in [4.69, 9.17) is 9.52 Å². The van der Waals surface area contributed by atoms with Gasteiger partial charge in [0.05, 0.1) is 12.7 Å². The van der Waals surface area contributed by atoms with Crippen LogP contribution in [0.5, 0.6) is 0 Å². The molecule has 1 atom stereocenters. The van der Waals surface area contributed by atoms with E-state index in [2.05, 4.69) is 16.7 Å². The van der Waals surface area contributed by atoms with E-state index in [9.17, 15) is 15.2 Å². The summed E-state index contributed by atoms with van der Waals surface area (Å²) < 4.78 is 5.91. The van der Waals surface area contributed by atoms with Crippen LogP contribution in [0.4, 0.5) is 5.69 Å². The number of aliphatic hydroxyl groups excluding tert-OH is 2. The lowest BCUT2D eigenvalue weighted by Gasteiger charge is -2.09. The normalized spacial score (nSPS) is 12.8. The fourth-order valence-corrected chi connectivity index (χ4v) is 3.04. The number of nitrogens with zero attached hydrogens (tertiary/aromatic N) is 1. The van der Waals surface area contributed by atoms with Crippen molar-refractivity contribution in [3.63, 3.8) is 0 Å². The van der Waals surface area contributed by atoms with E-state index < -0.39 is 18.6 Å². The number of aliphatic hydroxyl groups is 2. The quantitative estimate of drug-likeness (QED) is 0.355. The number of hydrogen-bond donors (Lipinski definition) is 4. The topological polar surface area (TPSA) is 119 Å². The van der Waals surface area contributed by atoms with Crippen LogP contribution < -0.4 is 10.6 Å². The van der Waals surface area contributed by atoms with E-state index >= 15 is 0 Å². The average Bonchev–Trinajstić information content (AvgIpc) is 3.27. The van der Waals surface area contributed by atoms with E-state index in [-0.39, 0.29) is 12.1 Å². The lowest BCUT2D eigenvalue weighted by molar-refractivity contribution is -0.117. The molecule has 1 unspecified atom stereocenters. The molecular weight excluding hydrogens is 382 g/mol. The maximum Gasteiger partial charge on any atom is 0.262 e. The van der Waals surface area contributed by atoms with Crippen LogP contribution in [-0.4, -0.2) is 42.4 Å². The lowest BCUT2D eigenvalue weighted by atomic mass is 10.0. The Kier molecular flexibility index (Phi) is 6.52. The Hall–Kier alpha value is -3.60. The van der Waals surface area contributed by atoms with Gasteiger partial charge in [0.15, 0.2) is 0 Å². The molecule has 0 aliphatic rings. The van der Waals surface area contributed by atoms with Crippen molar-refractivity contribution in [3.8, 4) is 17.4 Å². The summed E-state index contributed by atoms with van der Waals surface area (Å²) in [5, 5.41) is 35.3. The van der Waals surface area contributed by atoms with Gasteiger partial charge in [-0.25, -0.2) is 0 Å². The van der Waals surface area contributed by atoms with Gasteiger partial charge in [-0.05, 0) is 48.0 Å². The summed E-state index contributed by atoms with van der Waals surface area (Å²) in [6.45, 7) is 1.00. The number of amides is 1. The van der Waals surface area contributed by atoms with Crippen LogP contribution in [0.25, 0.3) is 27.7 Å². The largest absolute Gasteiger partial charge is 0.456 e. The van der Waals surface area contributed by atoms with Crippen LogP contribution in [-0.2, 0) is 4.79 Å². The number of allylic oxidation sites excluding steroid dienone is 1. The molecule has 1 heterocycles. The lowest BCUT2D eigenvalue weighted by Crippen LogP contribution is -2.34. The average molecular weight is 405 g/mol. The Morgan fingerprint density at radius 1 is 1.17 bits per heavy atom. The molecule has 1 aromatic heterocycles. The van der Waals surface area contributed by atoms with Crippen molar-refractivity contribution in [2.24, 2.45) is 0 Å². The molecular formula is C23H23N3O4. The second-order valence-electron chi connectivity index (χ2n) is 6.85. The van der Waals surface area contributed by atoms with E-state index in [0.717, 1.165) is 22.0 Å². The molecule has 0 spiro atoms. The van der Waals surface area contributed by atoms with Crippen molar-refractivity contribution in [1.29, 1.82) is 5.26 Å². The Morgan fingerprint density at radius 2 is 1.90 bits per heavy atom. The summed E-state index contributed by atoms with van der Waals surface area (Å²) in [6.07, 6.45) is -1.08. The highest BCUT2D eigenvalue weighted by molar-refractivity contribution is 6.04. The number of furan rings is 1. The van der Waals surface area contributed by atoms with Crippen LogP contribution in [0, 0.1) is 11.3 Å². The number of benzene rings is 2. The number of rotatable bonds is 7. The molecule has 4 N–H and O–H groups in total. The molecule has 7 heteroatoms. The van der Waals surface area contributed by atoms with Gasteiger partial charge in [0.2, 0.25) is 0 Å². The van der Waals surface area contributed by atoms with Crippen molar-refractivity contribution < 1.29 is 19.4 Å². The fourth-order valence-electron chi connectivity index (χ4n) is 3.04. The molecule has 7 nitrogen and oxygen atoms in total. The summed E-state index contributed by atoms with van der Waals surface area (Å²) in [5.74, 6) is 0.397. The monoisotopic (exact) mass is 405 g/mol. The molecule has 30 heavy (non-hydrogen) atoms. The minimum atomic E-state index is -1.08. The SMILES string of the molecule is CNc1ccc2cc(-c3ccc(/C(C)=C(\C#N)C(=O)NCC(O)CO)o3)ccc2c1. The van der Waals surface area contributed by atoms with E-state index in [1.54, 1.807) is 19.1 Å². The molecule has 2 aromatic carbocycles. The minimum absolute atomic E-state index is 0.112. The molecule has 154 valence electrons. The van der Waals surface area contributed by atoms with Crippen molar-refractivity contribution in [1.82, 2.24) is 5.32 Å². The molecule has 0 aliphatic heterocycles. The van der Waals surface area contributed by atoms with Gasteiger partial charge in [0.25, 0.3) is 5.91 Å². The second-order valence-corrected chi connectivity index (χ2v) is 6.85. The van der Waals surface area contributed by atoms with Crippen molar-refractivity contribution >= 4 is 27.9 Å². The van der Waals surface area contributed by atoms with Crippen LogP contribution >= 0.6 is 0 Å². The Labute approximate surface area is 174 Å².